The summed E-state index contributed by atoms with van der Waals surface area (Å²) in [4.78, 5) is 11.5. The highest BCUT2D eigenvalue weighted by atomic mass is 127. The molecule has 0 amide bonds. The number of carbonyl (C=O) groups is 1. The molecule has 1 atom stereocenters. The molecule has 4 heteroatoms. The normalized spacial score (nSPS) is 12.3. The molecule has 0 aromatic heterocycles. The quantitative estimate of drug-likeness (QED) is 0.465. The molecule has 0 bridgehead atoms. The second kappa shape index (κ2) is 5.11. The second-order valence-electron chi connectivity index (χ2n) is 2.86. The number of carbonyl (C=O) groups excluding carboxylic acids is 1. The first kappa shape index (κ1) is 12.0. The van der Waals surface area contributed by atoms with Crippen molar-refractivity contribution < 1.29 is 9.53 Å². The highest BCUT2D eigenvalue weighted by Gasteiger charge is 2.13. The SMILES string of the molecule is COc1cc(I)cc(C(=O)C(C)Br)c1. The van der Waals surface area contributed by atoms with E-state index in [9.17, 15) is 4.79 Å². The summed E-state index contributed by atoms with van der Waals surface area (Å²) in [5.74, 6) is 0.787. The molecule has 0 saturated heterocycles. The van der Waals surface area contributed by atoms with Crippen molar-refractivity contribution in [2.45, 2.75) is 11.8 Å². The minimum atomic E-state index is -0.162. The standard InChI is InChI=1S/C10H10BrIO2/c1-6(11)10(13)7-3-8(12)5-9(4-7)14-2/h3-6H,1-2H3. The second-order valence-corrected chi connectivity index (χ2v) is 5.48. The molecule has 2 nitrogen and oxygen atoms in total. The van der Waals surface area contributed by atoms with Gasteiger partial charge in [0.15, 0.2) is 5.78 Å². The van der Waals surface area contributed by atoms with Crippen molar-refractivity contribution in [3.05, 3.63) is 27.3 Å². The van der Waals surface area contributed by atoms with Crippen molar-refractivity contribution >= 4 is 44.3 Å². The molecule has 0 N–H and O–H groups in total. The van der Waals surface area contributed by atoms with Gasteiger partial charge in [-0.1, -0.05) is 15.9 Å². The molecule has 0 spiro atoms. The van der Waals surface area contributed by atoms with Crippen LogP contribution in [-0.2, 0) is 0 Å². The first-order valence-electron chi connectivity index (χ1n) is 4.07. The monoisotopic (exact) mass is 368 g/mol. The molecule has 14 heavy (non-hydrogen) atoms. The molecule has 0 heterocycles. The number of ketones is 1. The Balaban J connectivity index is 3.09. The number of benzene rings is 1. The zero-order chi connectivity index (χ0) is 10.7. The van der Waals surface area contributed by atoms with E-state index in [4.69, 9.17) is 4.74 Å². The zero-order valence-electron chi connectivity index (χ0n) is 7.88. The summed E-state index contributed by atoms with van der Waals surface area (Å²) in [6, 6.07) is 5.49. The molecule has 0 aliphatic heterocycles. The van der Waals surface area contributed by atoms with Crippen LogP contribution < -0.4 is 4.74 Å². The predicted octanol–water partition coefficient (Wildman–Crippen LogP) is 3.27. The lowest BCUT2D eigenvalue weighted by molar-refractivity contribution is 0.0995. The summed E-state index contributed by atoms with van der Waals surface area (Å²) in [6.45, 7) is 1.81. The molecule has 1 aromatic carbocycles. The number of rotatable bonds is 3. The Morgan fingerprint density at radius 3 is 2.64 bits per heavy atom. The van der Waals surface area contributed by atoms with Gasteiger partial charge >= 0.3 is 0 Å². The summed E-state index contributed by atoms with van der Waals surface area (Å²) in [5.41, 5.74) is 0.679. The Kier molecular flexibility index (Phi) is 4.37. The Labute approximate surface area is 105 Å². The predicted molar refractivity (Wildman–Crippen MR) is 68.4 cm³/mol. The maximum atomic E-state index is 11.7. The maximum absolute atomic E-state index is 11.7. The van der Waals surface area contributed by atoms with Crippen LogP contribution in [0.3, 0.4) is 0 Å². The lowest BCUT2D eigenvalue weighted by atomic mass is 10.1. The number of alkyl halides is 1. The number of Topliss-reactive ketones (excluding diaryl/α,β-unsaturated/α-hetero) is 1. The average Bonchev–Trinajstić information content (AvgIpc) is 2.15. The molecule has 0 radical (unpaired) electrons. The van der Waals surface area contributed by atoms with Gasteiger partial charge in [0.05, 0.1) is 11.9 Å². The van der Waals surface area contributed by atoms with Crippen molar-refractivity contribution in [1.82, 2.24) is 0 Å². The summed E-state index contributed by atoms with van der Waals surface area (Å²) in [5, 5.41) is 0. The van der Waals surface area contributed by atoms with Crippen LogP contribution in [0.25, 0.3) is 0 Å². The fraction of sp³-hybridized carbons (Fsp3) is 0.300. The van der Waals surface area contributed by atoms with E-state index in [0.717, 1.165) is 3.57 Å². The van der Waals surface area contributed by atoms with Gasteiger partial charge in [0.25, 0.3) is 0 Å². The van der Waals surface area contributed by atoms with Gasteiger partial charge in [-0.2, -0.15) is 0 Å². The Morgan fingerprint density at radius 2 is 2.14 bits per heavy atom. The molecule has 1 unspecified atom stereocenters. The first-order chi connectivity index (χ1) is 6.54. The molecule has 1 rings (SSSR count). The van der Waals surface area contributed by atoms with E-state index in [1.807, 2.05) is 19.1 Å². The first-order valence-corrected chi connectivity index (χ1v) is 6.07. The zero-order valence-corrected chi connectivity index (χ0v) is 11.6. The molecular formula is C10H10BrIO2. The molecule has 0 aliphatic rings. The van der Waals surface area contributed by atoms with E-state index in [1.54, 1.807) is 13.2 Å². The van der Waals surface area contributed by atoms with Gasteiger partial charge in [0.2, 0.25) is 0 Å². The van der Waals surface area contributed by atoms with Crippen LogP contribution in [0.4, 0.5) is 0 Å². The number of ether oxygens (including phenoxy) is 1. The van der Waals surface area contributed by atoms with E-state index < -0.39 is 0 Å². The van der Waals surface area contributed by atoms with Crippen molar-refractivity contribution in [3.63, 3.8) is 0 Å². The molecule has 1 aromatic rings. The largest absolute Gasteiger partial charge is 0.497 e. The lowest BCUT2D eigenvalue weighted by Gasteiger charge is -2.06. The third-order valence-corrected chi connectivity index (χ3v) is 2.79. The van der Waals surface area contributed by atoms with Gasteiger partial charge in [-0.15, -0.1) is 0 Å². The van der Waals surface area contributed by atoms with Gasteiger partial charge in [0, 0.05) is 9.13 Å². The smallest absolute Gasteiger partial charge is 0.176 e. The van der Waals surface area contributed by atoms with E-state index >= 15 is 0 Å². The van der Waals surface area contributed by atoms with Gasteiger partial charge in [0.1, 0.15) is 5.75 Å². The third kappa shape index (κ3) is 2.95. The summed E-state index contributed by atoms with van der Waals surface area (Å²) in [6.07, 6.45) is 0. The van der Waals surface area contributed by atoms with Crippen LogP contribution >= 0.6 is 38.5 Å². The highest BCUT2D eigenvalue weighted by Crippen LogP contribution is 2.20. The minimum Gasteiger partial charge on any atom is -0.497 e. The van der Waals surface area contributed by atoms with Crippen molar-refractivity contribution in [2.75, 3.05) is 7.11 Å². The third-order valence-electron chi connectivity index (χ3n) is 1.75. The van der Waals surface area contributed by atoms with Crippen LogP contribution in [0.15, 0.2) is 18.2 Å². The summed E-state index contributed by atoms with van der Waals surface area (Å²) in [7, 11) is 1.59. The van der Waals surface area contributed by atoms with Gasteiger partial charge in [-0.25, -0.2) is 0 Å². The molecule has 0 saturated carbocycles. The molecule has 0 fully saturated rings. The van der Waals surface area contributed by atoms with Crippen molar-refractivity contribution in [3.8, 4) is 5.75 Å². The summed E-state index contributed by atoms with van der Waals surface area (Å²) >= 11 is 5.42. The fourth-order valence-electron chi connectivity index (χ4n) is 1.05. The van der Waals surface area contributed by atoms with Crippen LogP contribution in [0.1, 0.15) is 17.3 Å². The van der Waals surface area contributed by atoms with Crippen molar-refractivity contribution in [1.29, 1.82) is 0 Å². The number of halogens is 2. The van der Waals surface area contributed by atoms with Crippen LogP contribution in [0.2, 0.25) is 0 Å². The van der Waals surface area contributed by atoms with E-state index in [0.29, 0.717) is 11.3 Å². The van der Waals surface area contributed by atoms with Crippen LogP contribution in [0.5, 0.6) is 5.75 Å². The minimum absolute atomic E-state index is 0.0711. The molecular weight excluding hydrogens is 359 g/mol. The summed E-state index contributed by atoms with van der Waals surface area (Å²) < 4.78 is 6.09. The lowest BCUT2D eigenvalue weighted by Crippen LogP contribution is -2.10. The molecule has 0 aliphatic carbocycles. The number of methoxy groups -OCH3 is 1. The Bertz CT molecular complexity index is 350. The average molecular weight is 369 g/mol. The number of hydrogen-bond donors (Lipinski definition) is 0. The number of hydrogen-bond acceptors (Lipinski definition) is 2. The van der Waals surface area contributed by atoms with Gasteiger partial charge in [-0.05, 0) is 47.7 Å². The van der Waals surface area contributed by atoms with Crippen LogP contribution in [0, 0.1) is 3.57 Å². The van der Waals surface area contributed by atoms with Crippen LogP contribution in [-0.4, -0.2) is 17.7 Å². The fourth-order valence-corrected chi connectivity index (χ4v) is 1.96. The molecule has 76 valence electrons. The maximum Gasteiger partial charge on any atom is 0.176 e. The van der Waals surface area contributed by atoms with E-state index in [1.165, 1.54) is 0 Å². The van der Waals surface area contributed by atoms with Crippen molar-refractivity contribution in [2.24, 2.45) is 0 Å². The highest BCUT2D eigenvalue weighted by molar-refractivity contribution is 14.1. The van der Waals surface area contributed by atoms with Gasteiger partial charge < -0.3 is 4.74 Å². The van der Waals surface area contributed by atoms with E-state index in [-0.39, 0.29) is 10.6 Å². The Hall–Kier alpha value is -0.100. The van der Waals surface area contributed by atoms with Gasteiger partial charge in [-0.3, -0.25) is 4.79 Å². The van der Waals surface area contributed by atoms with E-state index in [2.05, 4.69) is 38.5 Å². The Morgan fingerprint density at radius 1 is 1.50 bits per heavy atom. The topological polar surface area (TPSA) is 26.3 Å².